The average molecular weight is 384 g/mol. The SMILES string of the molecule is COc1cccc(N(CCC(=O)Nc2ccc(F)cc2F)S(C)(=O)=O)c1. The average Bonchev–Trinajstić information content (AvgIpc) is 2.56. The topological polar surface area (TPSA) is 75.7 Å². The number of rotatable bonds is 7. The number of amides is 1. The van der Waals surface area contributed by atoms with Crippen LogP contribution in [0.5, 0.6) is 5.75 Å². The number of carbonyl (C=O) groups is 1. The van der Waals surface area contributed by atoms with Gasteiger partial charge in [-0.2, -0.15) is 0 Å². The number of ether oxygens (including phenoxy) is 1. The molecule has 1 amide bonds. The highest BCUT2D eigenvalue weighted by atomic mass is 32.2. The first-order valence-electron chi connectivity index (χ1n) is 7.57. The van der Waals surface area contributed by atoms with Crippen LogP contribution in [-0.2, 0) is 14.8 Å². The molecule has 0 bridgehead atoms. The molecule has 26 heavy (non-hydrogen) atoms. The molecule has 0 unspecified atom stereocenters. The normalized spacial score (nSPS) is 11.1. The number of hydrogen-bond acceptors (Lipinski definition) is 4. The van der Waals surface area contributed by atoms with Crippen LogP contribution in [0.1, 0.15) is 6.42 Å². The molecule has 140 valence electrons. The molecule has 0 saturated carbocycles. The first-order valence-corrected chi connectivity index (χ1v) is 9.42. The van der Waals surface area contributed by atoms with E-state index in [0.29, 0.717) is 17.5 Å². The highest BCUT2D eigenvalue weighted by molar-refractivity contribution is 7.92. The van der Waals surface area contributed by atoms with E-state index in [2.05, 4.69) is 5.32 Å². The van der Waals surface area contributed by atoms with Gasteiger partial charge in [0.05, 0.1) is 24.7 Å². The summed E-state index contributed by atoms with van der Waals surface area (Å²) in [6.45, 7) is -0.152. The van der Waals surface area contributed by atoms with Crippen LogP contribution in [-0.4, -0.2) is 34.2 Å². The molecule has 6 nitrogen and oxygen atoms in total. The predicted molar refractivity (Wildman–Crippen MR) is 94.8 cm³/mol. The molecule has 0 spiro atoms. The summed E-state index contributed by atoms with van der Waals surface area (Å²) in [7, 11) is -2.20. The smallest absolute Gasteiger partial charge is 0.232 e. The first-order chi connectivity index (χ1) is 12.2. The van der Waals surface area contributed by atoms with Crippen LogP contribution < -0.4 is 14.4 Å². The minimum absolute atomic E-state index is 0.152. The highest BCUT2D eigenvalue weighted by Crippen LogP contribution is 2.23. The molecule has 0 fully saturated rings. The van der Waals surface area contributed by atoms with Gasteiger partial charge < -0.3 is 10.1 Å². The predicted octanol–water partition coefficient (Wildman–Crippen LogP) is 2.77. The first kappa shape index (κ1) is 19.6. The van der Waals surface area contributed by atoms with Crippen LogP contribution in [0.25, 0.3) is 0 Å². The Balaban J connectivity index is 2.10. The van der Waals surface area contributed by atoms with Crippen LogP contribution >= 0.6 is 0 Å². The van der Waals surface area contributed by atoms with E-state index in [4.69, 9.17) is 4.74 Å². The zero-order chi connectivity index (χ0) is 19.3. The molecule has 0 aliphatic heterocycles. The summed E-state index contributed by atoms with van der Waals surface area (Å²) >= 11 is 0. The molecule has 0 heterocycles. The third-order valence-corrected chi connectivity index (χ3v) is 4.68. The molecule has 0 atom stereocenters. The Morgan fingerprint density at radius 1 is 1.19 bits per heavy atom. The number of halogens is 2. The van der Waals surface area contributed by atoms with Crippen molar-refractivity contribution in [1.82, 2.24) is 0 Å². The second kappa shape index (κ2) is 8.13. The van der Waals surface area contributed by atoms with Crippen molar-refractivity contribution in [2.24, 2.45) is 0 Å². The molecule has 1 N–H and O–H groups in total. The van der Waals surface area contributed by atoms with Crippen LogP contribution in [0.4, 0.5) is 20.2 Å². The molecule has 9 heteroatoms. The number of anilines is 2. The quantitative estimate of drug-likeness (QED) is 0.797. The van der Waals surface area contributed by atoms with E-state index in [1.165, 1.54) is 13.2 Å². The van der Waals surface area contributed by atoms with Crippen molar-refractivity contribution in [1.29, 1.82) is 0 Å². The molecule has 2 aromatic rings. The fourth-order valence-electron chi connectivity index (χ4n) is 2.26. The van der Waals surface area contributed by atoms with Crippen LogP contribution in [0, 0.1) is 11.6 Å². The van der Waals surface area contributed by atoms with E-state index in [1.54, 1.807) is 18.2 Å². The fourth-order valence-corrected chi connectivity index (χ4v) is 3.18. The second-order valence-corrected chi connectivity index (χ2v) is 7.37. The summed E-state index contributed by atoms with van der Waals surface area (Å²) in [6, 6.07) is 9.14. The van der Waals surface area contributed by atoms with Gasteiger partial charge in [0, 0.05) is 25.1 Å². The van der Waals surface area contributed by atoms with E-state index in [-0.39, 0.29) is 18.7 Å². The number of methoxy groups -OCH3 is 1. The molecule has 2 rings (SSSR count). The van der Waals surface area contributed by atoms with Gasteiger partial charge in [-0.1, -0.05) is 6.07 Å². The Morgan fingerprint density at radius 3 is 2.54 bits per heavy atom. The van der Waals surface area contributed by atoms with Crippen molar-refractivity contribution in [3.63, 3.8) is 0 Å². The molecule has 0 aromatic heterocycles. The van der Waals surface area contributed by atoms with Crippen molar-refractivity contribution >= 4 is 27.3 Å². The number of benzene rings is 2. The van der Waals surface area contributed by atoms with Crippen LogP contribution in [0.15, 0.2) is 42.5 Å². The van der Waals surface area contributed by atoms with Crippen molar-refractivity contribution in [3.05, 3.63) is 54.1 Å². The van der Waals surface area contributed by atoms with Crippen LogP contribution in [0.3, 0.4) is 0 Å². The van der Waals surface area contributed by atoms with Gasteiger partial charge in [0.1, 0.15) is 17.4 Å². The van der Waals surface area contributed by atoms with E-state index >= 15 is 0 Å². The van der Waals surface area contributed by atoms with Gasteiger partial charge in [0.2, 0.25) is 15.9 Å². The maximum Gasteiger partial charge on any atom is 0.232 e. The molecule has 0 radical (unpaired) electrons. The van der Waals surface area contributed by atoms with E-state index in [1.807, 2.05) is 0 Å². The van der Waals surface area contributed by atoms with E-state index < -0.39 is 27.6 Å². The Labute approximate surface area is 150 Å². The van der Waals surface area contributed by atoms with Gasteiger partial charge in [-0.25, -0.2) is 17.2 Å². The number of sulfonamides is 1. The third-order valence-electron chi connectivity index (χ3n) is 3.49. The summed E-state index contributed by atoms with van der Waals surface area (Å²) in [5, 5.41) is 2.29. The third kappa shape index (κ3) is 5.16. The molecule has 0 saturated heterocycles. The zero-order valence-electron chi connectivity index (χ0n) is 14.2. The number of nitrogens with one attached hydrogen (secondary N) is 1. The van der Waals surface area contributed by atoms with Crippen LogP contribution in [0.2, 0.25) is 0 Å². The standard InChI is InChI=1S/C17H18F2N2O4S/c1-25-14-5-3-4-13(11-14)21(26(2,23)24)9-8-17(22)20-16-7-6-12(18)10-15(16)19/h3-7,10-11H,8-9H2,1-2H3,(H,20,22). The molecule has 2 aromatic carbocycles. The molecular formula is C17H18F2N2O4S. The monoisotopic (exact) mass is 384 g/mol. The van der Waals surface area contributed by atoms with Crippen molar-refractivity contribution < 1.29 is 26.7 Å². The molecule has 0 aliphatic rings. The fraction of sp³-hybridized carbons (Fsp3) is 0.235. The lowest BCUT2D eigenvalue weighted by Crippen LogP contribution is -2.33. The Morgan fingerprint density at radius 2 is 1.92 bits per heavy atom. The van der Waals surface area contributed by atoms with Crippen molar-refractivity contribution in [2.75, 3.05) is 29.5 Å². The maximum absolute atomic E-state index is 13.6. The zero-order valence-corrected chi connectivity index (χ0v) is 15.0. The van der Waals surface area contributed by atoms with Gasteiger partial charge in [-0.3, -0.25) is 9.10 Å². The number of carbonyl (C=O) groups excluding carboxylic acids is 1. The lowest BCUT2D eigenvalue weighted by Gasteiger charge is -2.22. The Kier molecular flexibility index (Phi) is 6.14. The van der Waals surface area contributed by atoms with Gasteiger partial charge in [-0.15, -0.1) is 0 Å². The Bertz CT molecular complexity index is 903. The Hall–Kier alpha value is -2.68. The minimum atomic E-state index is -3.65. The summed E-state index contributed by atoms with van der Waals surface area (Å²) in [5.41, 5.74) is 0.163. The van der Waals surface area contributed by atoms with Gasteiger partial charge in [0.25, 0.3) is 0 Å². The summed E-state index contributed by atoms with van der Waals surface area (Å²) in [4.78, 5) is 12.0. The molecular weight excluding hydrogens is 366 g/mol. The van der Waals surface area contributed by atoms with Gasteiger partial charge in [-0.05, 0) is 24.3 Å². The van der Waals surface area contributed by atoms with Gasteiger partial charge in [0.15, 0.2) is 0 Å². The summed E-state index contributed by atoms with van der Waals surface area (Å²) in [6.07, 6.45) is 0.797. The van der Waals surface area contributed by atoms with E-state index in [9.17, 15) is 22.0 Å². The largest absolute Gasteiger partial charge is 0.497 e. The van der Waals surface area contributed by atoms with Crippen molar-refractivity contribution in [2.45, 2.75) is 6.42 Å². The van der Waals surface area contributed by atoms with Gasteiger partial charge >= 0.3 is 0 Å². The van der Waals surface area contributed by atoms with Crippen molar-refractivity contribution in [3.8, 4) is 5.75 Å². The summed E-state index contributed by atoms with van der Waals surface area (Å²) in [5.74, 6) is -1.81. The molecule has 0 aliphatic carbocycles. The number of nitrogens with zero attached hydrogens (tertiary/aromatic N) is 1. The number of hydrogen-bond donors (Lipinski definition) is 1. The minimum Gasteiger partial charge on any atom is -0.497 e. The second-order valence-electron chi connectivity index (χ2n) is 5.46. The van der Waals surface area contributed by atoms with E-state index in [0.717, 1.165) is 22.7 Å². The summed E-state index contributed by atoms with van der Waals surface area (Å²) < 4.78 is 56.7. The lowest BCUT2D eigenvalue weighted by atomic mass is 10.2. The maximum atomic E-state index is 13.6. The lowest BCUT2D eigenvalue weighted by molar-refractivity contribution is -0.116. The highest BCUT2D eigenvalue weighted by Gasteiger charge is 2.19.